The third kappa shape index (κ3) is 75.8. The van der Waals surface area contributed by atoms with E-state index in [1.807, 2.05) is 0 Å². The summed E-state index contributed by atoms with van der Waals surface area (Å²) in [6.45, 7) is 7.30. The average molecular weight is 1490 g/mol. The Bertz CT molecular complexity index is 2040. The molecule has 0 aliphatic heterocycles. The molecule has 0 rings (SSSR count). The summed E-state index contributed by atoms with van der Waals surface area (Å²) in [7, 11) is -9.94. The van der Waals surface area contributed by atoms with Gasteiger partial charge in [0.15, 0.2) is 12.2 Å². The number of carbonyl (C=O) groups excluding carboxylic acids is 4. The highest BCUT2D eigenvalue weighted by atomic mass is 31.2. The van der Waals surface area contributed by atoms with E-state index in [1.54, 1.807) is 0 Å². The van der Waals surface area contributed by atoms with E-state index < -0.39 is 97.5 Å². The van der Waals surface area contributed by atoms with E-state index in [4.69, 9.17) is 37.0 Å². The lowest BCUT2D eigenvalue weighted by Gasteiger charge is -2.21. The number of carbonyl (C=O) groups is 4. The van der Waals surface area contributed by atoms with Gasteiger partial charge in [-0.1, -0.05) is 367 Å². The second kappa shape index (κ2) is 75.4. The van der Waals surface area contributed by atoms with Crippen LogP contribution < -0.4 is 0 Å². The molecule has 0 saturated heterocycles. The SMILES string of the molecule is CCCCCC/C=C\C=C/CCCCCCCC(=O)O[C@H](COC(=O)CCCCCCCCCCCCCC)COP(=O)(O)OC[C@H](O)COP(=O)(O)OC[C@@H](COC(=O)CCCCCCCCCCCCCCCCC(C)C)OC(=O)CCCCCCCCCCCCCCCCCCCC. The number of phosphoric acid groups is 2. The quantitative estimate of drug-likeness (QED) is 0.0169. The molecule has 102 heavy (non-hydrogen) atoms. The van der Waals surface area contributed by atoms with E-state index in [-0.39, 0.29) is 25.7 Å². The highest BCUT2D eigenvalue weighted by Crippen LogP contribution is 2.45. The maximum atomic E-state index is 13.1. The molecule has 0 aromatic rings. The largest absolute Gasteiger partial charge is 0.472 e. The Labute approximate surface area is 624 Å². The van der Waals surface area contributed by atoms with Crippen molar-refractivity contribution in [2.45, 2.75) is 438 Å². The predicted octanol–water partition coefficient (Wildman–Crippen LogP) is 24.8. The van der Waals surface area contributed by atoms with Crippen LogP contribution in [0.5, 0.6) is 0 Å². The fourth-order valence-corrected chi connectivity index (χ4v) is 14.0. The first kappa shape index (κ1) is 99.5. The molecular weight excluding hydrogens is 1330 g/mol. The van der Waals surface area contributed by atoms with Crippen molar-refractivity contribution in [3.05, 3.63) is 24.3 Å². The van der Waals surface area contributed by atoms with Gasteiger partial charge < -0.3 is 33.8 Å². The second-order valence-corrected chi connectivity index (χ2v) is 32.6. The molecule has 0 amide bonds. The third-order valence-corrected chi connectivity index (χ3v) is 20.8. The second-order valence-electron chi connectivity index (χ2n) is 29.7. The van der Waals surface area contributed by atoms with E-state index in [1.165, 1.54) is 231 Å². The minimum Gasteiger partial charge on any atom is -0.462 e. The molecule has 0 spiro atoms. The van der Waals surface area contributed by atoms with Crippen LogP contribution in [0.1, 0.15) is 420 Å². The van der Waals surface area contributed by atoms with Crippen molar-refractivity contribution in [2.24, 2.45) is 5.92 Å². The van der Waals surface area contributed by atoms with Gasteiger partial charge in [0.25, 0.3) is 0 Å². The van der Waals surface area contributed by atoms with Gasteiger partial charge in [0.05, 0.1) is 26.4 Å². The minimum absolute atomic E-state index is 0.0858. The molecule has 3 N–H and O–H groups in total. The van der Waals surface area contributed by atoms with Gasteiger partial charge in [-0.3, -0.25) is 37.3 Å². The Morgan fingerprint density at radius 1 is 0.304 bits per heavy atom. The van der Waals surface area contributed by atoms with Crippen molar-refractivity contribution < 1.29 is 80.2 Å². The Kier molecular flexibility index (Phi) is 73.5. The minimum atomic E-state index is -4.97. The third-order valence-electron chi connectivity index (χ3n) is 18.9. The van der Waals surface area contributed by atoms with E-state index in [0.717, 1.165) is 109 Å². The molecule has 0 radical (unpaired) electrons. The molecule has 19 heteroatoms. The summed E-state index contributed by atoms with van der Waals surface area (Å²) >= 11 is 0. The number of phosphoric ester groups is 2. The Hall–Kier alpha value is -2.46. The standard InChI is InChI=1S/C83H158O17P2/c1-6-9-12-15-18-21-24-27-29-30-31-33-39-44-49-54-59-64-69-83(88)100-79(73-94-81(86)67-62-57-52-47-42-37-35-34-36-40-45-50-55-60-65-76(4)5)75-98-102(91,92)96-71-77(84)70-95-101(89,90)97-74-78(72-93-80(85)66-61-56-51-46-41-26-23-20-17-14-11-8-3)99-82(87)68-63-58-53-48-43-38-32-28-25-22-19-16-13-10-7-2/h22,25,28,32,76-79,84H,6-21,23-24,26-27,29-31,33-75H2,1-5H3,(H,89,90)(H,91,92)/b25-22-,32-28-/t77-,78+,79+/m0/s1. The summed E-state index contributed by atoms with van der Waals surface area (Å²) in [6.07, 6.45) is 70.1. The van der Waals surface area contributed by atoms with E-state index in [2.05, 4.69) is 58.9 Å². The number of rotatable bonds is 81. The summed E-state index contributed by atoms with van der Waals surface area (Å²) in [5.74, 6) is -1.33. The number of esters is 4. The van der Waals surface area contributed by atoms with Crippen LogP contribution in [0, 0.1) is 5.92 Å². The molecule has 2 unspecified atom stereocenters. The van der Waals surface area contributed by atoms with Crippen LogP contribution in [0.4, 0.5) is 0 Å². The first-order chi connectivity index (χ1) is 49.5. The van der Waals surface area contributed by atoms with Crippen molar-refractivity contribution in [1.29, 1.82) is 0 Å². The summed E-state index contributed by atoms with van der Waals surface area (Å²) in [5.41, 5.74) is 0. The first-order valence-electron chi connectivity index (χ1n) is 42.5. The maximum absolute atomic E-state index is 13.1. The molecule has 0 aliphatic rings. The van der Waals surface area contributed by atoms with Crippen molar-refractivity contribution >= 4 is 39.5 Å². The number of ether oxygens (including phenoxy) is 4. The summed E-state index contributed by atoms with van der Waals surface area (Å²) < 4.78 is 68.8. The van der Waals surface area contributed by atoms with Crippen LogP contribution in [0.25, 0.3) is 0 Å². The van der Waals surface area contributed by atoms with Gasteiger partial charge >= 0.3 is 39.5 Å². The normalized spacial score (nSPS) is 14.0. The van der Waals surface area contributed by atoms with Crippen LogP contribution in [0.15, 0.2) is 24.3 Å². The fourth-order valence-electron chi connectivity index (χ4n) is 12.4. The molecule has 0 aliphatic carbocycles. The van der Waals surface area contributed by atoms with E-state index in [0.29, 0.717) is 25.7 Å². The predicted molar refractivity (Wildman–Crippen MR) is 418 cm³/mol. The molecule has 0 aromatic carbocycles. The van der Waals surface area contributed by atoms with Crippen LogP contribution >= 0.6 is 15.6 Å². The van der Waals surface area contributed by atoms with Crippen LogP contribution in [-0.4, -0.2) is 96.7 Å². The highest BCUT2D eigenvalue weighted by Gasteiger charge is 2.30. The molecule has 5 atom stereocenters. The molecule has 0 aromatic heterocycles. The Morgan fingerprint density at radius 2 is 0.529 bits per heavy atom. The average Bonchev–Trinajstić information content (AvgIpc) is 0.925. The molecule has 17 nitrogen and oxygen atoms in total. The van der Waals surface area contributed by atoms with Gasteiger partial charge in [0.1, 0.15) is 19.3 Å². The van der Waals surface area contributed by atoms with Crippen molar-refractivity contribution in [1.82, 2.24) is 0 Å². The van der Waals surface area contributed by atoms with Gasteiger partial charge in [-0.2, -0.15) is 0 Å². The molecule has 0 heterocycles. The Morgan fingerprint density at radius 3 is 0.804 bits per heavy atom. The van der Waals surface area contributed by atoms with Crippen LogP contribution in [-0.2, 0) is 65.4 Å². The zero-order valence-corrected chi connectivity index (χ0v) is 68.0. The highest BCUT2D eigenvalue weighted by molar-refractivity contribution is 7.47. The lowest BCUT2D eigenvalue weighted by atomic mass is 10.0. The van der Waals surface area contributed by atoms with E-state index >= 15 is 0 Å². The van der Waals surface area contributed by atoms with Crippen molar-refractivity contribution in [3.63, 3.8) is 0 Å². The molecular formula is C83H158O17P2. The number of aliphatic hydroxyl groups excluding tert-OH is 1. The van der Waals surface area contributed by atoms with Gasteiger partial charge in [0.2, 0.25) is 0 Å². The van der Waals surface area contributed by atoms with Gasteiger partial charge in [-0.25, -0.2) is 9.13 Å². The monoisotopic (exact) mass is 1490 g/mol. The zero-order chi connectivity index (χ0) is 74.8. The first-order valence-corrected chi connectivity index (χ1v) is 45.4. The molecule has 0 bridgehead atoms. The summed E-state index contributed by atoms with van der Waals surface area (Å²) in [5, 5.41) is 10.7. The van der Waals surface area contributed by atoms with Crippen molar-refractivity contribution in [3.8, 4) is 0 Å². The molecule has 602 valence electrons. The van der Waals surface area contributed by atoms with Crippen molar-refractivity contribution in [2.75, 3.05) is 39.6 Å². The fraction of sp³-hybridized carbons (Fsp3) is 0.904. The van der Waals surface area contributed by atoms with Gasteiger partial charge in [0, 0.05) is 25.7 Å². The van der Waals surface area contributed by atoms with Gasteiger partial charge in [-0.05, 0) is 57.3 Å². The topological polar surface area (TPSA) is 237 Å². The van der Waals surface area contributed by atoms with Crippen LogP contribution in [0.2, 0.25) is 0 Å². The summed E-state index contributed by atoms with van der Waals surface area (Å²) in [4.78, 5) is 73.1. The maximum Gasteiger partial charge on any atom is 0.472 e. The number of hydrogen-bond acceptors (Lipinski definition) is 15. The lowest BCUT2D eigenvalue weighted by molar-refractivity contribution is -0.161. The molecule has 0 fully saturated rings. The van der Waals surface area contributed by atoms with E-state index in [9.17, 15) is 43.2 Å². The van der Waals surface area contributed by atoms with Gasteiger partial charge in [-0.15, -0.1) is 0 Å². The van der Waals surface area contributed by atoms with Crippen LogP contribution in [0.3, 0.4) is 0 Å². The number of hydrogen-bond donors (Lipinski definition) is 3. The lowest BCUT2D eigenvalue weighted by Crippen LogP contribution is -2.30. The number of aliphatic hydroxyl groups is 1. The number of allylic oxidation sites excluding steroid dienone is 4. The zero-order valence-electron chi connectivity index (χ0n) is 66.2. The number of unbranched alkanes of at least 4 members (excludes halogenated alkanes) is 50. The molecule has 0 saturated carbocycles. The summed E-state index contributed by atoms with van der Waals surface area (Å²) in [6, 6.07) is 0. The Balaban J connectivity index is 5.29. The smallest absolute Gasteiger partial charge is 0.462 e.